The summed E-state index contributed by atoms with van der Waals surface area (Å²) >= 11 is 0. The lowest BCUT2D eigenvalue weighted by atomic mass is 9.95. The van der Waals surface area contributed by atoms with Crippen LogP contribution in [-0.2, 0) is 13.1 Å². The van der Waals surface area contributed by atoms with Crippen molar-refractivity contribution in [1.29, 1.82) is 0 Å². The summed E-state index contributed by atoms with van der Waals surface area (Å²) in [7, 11) is 0. The van der Waals surface area contributed by atoms with E-state index in [0.717, 1.165) is 49.3 Å². The van der Waals surface area contributed by atoms with E-state index in [9.17, 15) is 0 Å². The van der Waals surface area contributed by atoms with Crippen molar-refractivity contribution in [3.8, 4) is 11.5 Å². The summed E-state index contributed by atoms with van der Waals surface area (Å²) in [5.41, 5.74) is 2.10. The molecule has 27 heavy (non-hydrogen) atoms. The molecule has 140 valence electrons. The maximum atomic E-state index is 6.07. The van der Waals surface area contributed by atoms with E-state index in [1.54, 1.807) is 6.20 Å². The first-order valence-electron chi connectivity index (χ1n) is 9.78. The molecular formula is C21H25N5O. The van der Waals surface area contributed by atoms with Crippen molar-refractivity contribution < 1.29 is 4.42 Å². The van der Waals surface area contributed by atoms with Gasteiger partial charge in [0.25, 0.3) is 0 Å². The van der Waals surface area contributed by atoms with E-state index in [0.29, 0.717) is 6.04 Å². The van der Waals surface area contributed by atoms with Crippen LogP contribution in [0.1, 0.15) is 24.3 Å². The lowest BCUT2D eigenvalue weighted by molar-refractivity contribution is 0.114. The fraction of sp³-hybridized carbons (Fsp3) is 0.429. The fourth-order valence-electron chi connectivity index (χ4n) is 4.52. The molecule has 3 saturated heterocycles. The third-order valence-corrected chi connectivity index (χ3v) is 5.80. The number of furan rings is 1. The second kappa shape index (κ2) is 7.29. The van der Waals surface area contributed by atoms with Crippen LogP contribution in [0.5, 0.6) is 0 Å². The molecule has 0 amide bonds. The topological polar surface area (TPSA) is 61.2 Å². The van der Waals surface area contributed by atoms with Crippen LogP contribution in [0.15, 0.2) is 53.2 Å². The number of hydrogen-bond donors (Lipinski definition) is 1. The number of pyridine rings is 1. The Bertz CT molecular complexity index is 860. The van der Waals surface area contributed by atoms with Gasteiger partial charge in [-0.1, -0.05) is 6.07 Å². The van der Waals surface area contributed by atoms with Crippen molar-refractivity contribution in [3.63, 3.8) is 0 Å². The van der Waals surface area contributed by atoms with Gasteiger partial charge in [-0.2, -0.15) is 5.10 Å². The molecular weight excluding hydrogens is 338 g/mol. The molecule has 6 heterocycles. The Morgan fingerprint density at radius 2 is 2.00 bits per heavy atom. The number of piperidine rings is 1. The van der Waals surface area contributed by atoms with Crippen LogP contribution in [0.25, 0.3) is 11.5 Å². The van der Waals surface area contributed by atoms with E-state index in [-0.39, 0.29) is 0 Å². The van der Waals surface area contributed by atoms with Crippen molar-refractivity contribution in [2.24, 2.45) is 5.92 Å². The zero-order valence-corrected chi connectivity index (χ0v) is 15.4. The van der Waals surface area contributed by atoms with Crippen molar-refractivity contribution in [1.82, 2.24) is 25.0 Å². The maximum absolute atomic E-state index is 6.07. The molecule has 0 radical (unpaired) electrons. The molecule has 3 aliphatic rings. The smallest absolute Gasteiger partial charge is 0.152 e. The minimum absolute atomic E-state index is 0.591. The van der Waals surface area contributed by atoms with E-state index >= 15 is 0 Å². The molecule has 0 unspecified atom stereocenters. The summed E-state index contributed by atoms with van der Waals surface area (Å²) in [5, 5.41) is 6.97. The van der Waals surface area contributed by atoms with E-state index in [1.165, 1.54) is 25.1 Å². The number of nitrogens with zero attached hydrogens (tertiary/aromatic N) is 4. The van der Waals surface area contributed by atoms with Crippen molar-refractivity contribution in [2.75, 3.05) is 19.6 Å². The van der Waals surface area contributed by atoms with Crippen LogP contribution in [-0.4, -0.2) is 50.7 Å². The largest absolute Gasteiger partial charge is 0.458 e. The number of aromatic amines is 1. The van der Waals surface area contributed by atoms with Gasteiger partial charge in [-0.05, 0) is 49.1 Å². The Kier molecular flexibility index (Phi) is 4.51. The quantitative estimate of drug-likeness (QED) is 0.754. The standard InChI is InChI=1S/C21H25N5O/c1-2-9-22-17(3-1)13-25-11-16-4-5-18(14-25)26(12-16)15-19-6-7-21(27-19)20-8-10-23-24-20/h1-3,6-10,16,18H,4-5,11-15H2,(H,23,24)/t16-,18+/m1/s1. The zero-order valence-electron chi connectivity index (χ0n) is 15.4. The highest BCUT2D eigenvalue weighted by atomic mass is 16.3. The first-order valence-corrected chi connectivity index (χ1v) is 9.78. The number of nitrogens with one attached hydrogen (secondary N) is 1. The molecule has 6 nitrogen and oxygen atoms in total. The SMILES string of the molecule is c1ccc(CN2C[C@H]3CC[C@@H](C2)N(Cc2ccc(-c4ccn[nH]4)o2)C3)nc1. The third kappa shape index (κ3) is 3.68. The van der Waals surface area contributed by atoms with Gasteiger partial charge in [-0.3, -0.25) is 19.9 Å². The van der Waals surface area contributed by atoms with Gasteiger partial charge in [0, 0.05) is 44.6 Å². The van der Waals surface area contributed by atoms with E-state index in [1.807, 2.05) is 24.4 Å². The molecule has 0 aliphatic carbocycles. The Hall–Kier alpha value is -2.44. The van der Waals surface area contributed by atoms with Gasteiger partial charge in [-0.25, -0.2) is 0 Å². The second-order valence-corrected chi connectivity index (χ2v) is 7.78. The molecule has 3 aromatic heterocycles. The number of hydrogen-bond acceptors (Lipinski definition) is 5. The molecule has 1 N–H and O–H groups in total. The predicted octanol–water partition coefficient (Wildman–Crippen LogP) is 3.16. The van der Waals surface area contributed by atoms with Gasteiger partial charge >= 0.3 is 0 Å². The molecule has 3 fully saturated rings. The number of fused-ring (bicyclic) bond motifs is 4. The van der Waals surface area contributed by atoms with E-state index in [4.69, 9.17) is 4.42 Å². The van der Waals surface area contributed by atoms with Crippen LogP contribution in [0, 0.1) is 5.92 Å². The van der Waals surface area contributed by atoms with Crippen molar-refractivity contribution in [2.45, 2.75) is 32.0 Å². The van der Waals surface area contributed by atoms with Crippen LogP contribution in [0.3, 0.4) is 0 Å². The normalized spacial score (nSPS) is 23.6. The molecule has 0 saturated carbocycles. The van der Waals surface area contributed by atoms with Gasteiger partial charge in [0.05, 0.1) is 12.2 Å². The molecule has 0 spiro atoms. The van der Waals surface area contributed by atoms with E-state index in [2.05, 4.69) is 43.2 Å². The molecule has 0 aromatic carbocycles. The summed E-state index contributed by atoms with van der Waals surface area (Å²) in [4.78, 5) is 9.71. The average Bonchev–Trinajstić information content (AvgIpc) is 3.30. The highest BCUT2D eigenvalue weighted by Crippen LogP contribution is 2.30. The Morgan fingerprint density at radius 3 is 2.85 bits per heavy atom. The van der Waals surface area contributed by atoms with Crippen LogP contribution in [0.4, 0.5) is 0 Å². The summed E-state index contributed by atoms with van der Waals surface area (Å²) in [6.45, 7) is 5.27. The first kappa shape index (κ1) is 16.7. The molecule has 3 aliphatic heterocycles. The van der Waals surface area contributed by atoms with Gasteiger partial charge in [0.15, 0.2) is 5.76 Å². The minimum Gasteiger partial charge on any atom is -0.458 e. The molecule has 2 atom stereocenters. The molecule has 2 bridgehead atoms. The maximum Gasteiger partial charge on any atom is 0.152 e. The number of H-pyrrole nitrogens is 1. The summed E-state index contributed by atoms with van der Waals surface area (Å²) in [6.07, 6.45) is 6.25. The third-order valence-electron chi connectivity index (χ3n) is 5.80. The molecule has 6 rings (SSSR count). The summed E-state index contributed by atoms with van der Waals surface area (Å²) in [6, 6.07) is 12.9. The Morgan fingerprint density at radius 1 is 1.00 bits per heavy atom. The Labute approximate surface area is 159 Å². The lowest BCUT2D eigenvalue weighted by Gasteiger charge is -2.35. The van der Waals surface area contributed by atoms with Gasteiger partial charge in [0.1, 0.15) is 11.5 Å². The number of rotatable bonds is 5. The lowest BCUT2D eigenvalue weighted by Crippen LogP contribution is -2.43. The molecule has 6 heteroatoms. The summed E-state index contributed by atoms with van der Waals surface area (Å²) in [5.74, 6) is 2.62. The van der Waals surface area contributed by atoms with Gasteiger partial charge in [-0.15, -0.1) is 0 Å². The summed E-state index contributed by atoms with van der Waals surface area (Å²) < 4.78 is 6.07. The van der Waals surface area contributed by atoms with Gasteiger partial charge < -0.3 is 4.42 Å². The predicted molar refractivity (Wildman–Crippen MR) is 103 cm³/mol. The molecule has 3 aromatic rings. The number of aromatic nitrogens is 3. The van der Waals surface area contributed by atoms with Crippen molar-refractivity contribution in [3.05, 3.63) is 60.2 Å². The highest BCUT2D eigenvalue weighted by Gasteiger charge is 2.35. The monoisotopic (exact) mass is 363 g/mol. The van der Waals surface area contributed by atoms with Crippen molar-refractivity contribution >= 4 is 0 Å². The van der Waals surface area contributed by atoms with Gasteiger partial charge in [0.2, 0.25) is 0 Å². The minimum atomic E-state index is 0.591. The zero-order chi connectivity index (χ0) is 18.1. The van der Waals surface area contributed by atoms with Crippen LogP contribution >= 0.6 is 0 Å². The van der Waals surface area contributed by atoms with E-state index < -0.39 is 0 Å². The highest BCUT2D eigenvalue weighted by molar-refractivity contribution is 5.51. The Balaban J connectivity index is 1.26. The first-order chi connectivity index (χ1) is 13.3. The fourth-order valence-corrected chi connectivity index (χ4v) is 4.52. The van der Waals surface area contributed by atoms with Crippen LogP contribution in [0.2, 0.25) is 0 Å². The average molecular weight is 363 g/mol. The second-order valence-electron chi connectivity index (χ2n) is 7.78. The van der Waals surface area contributed by atoms with Crippen LogP contribution < -0.4 is 0 Å².